The van der Waals surface area contributed by atoms with Crippen LogP contribution in [0.5, 0.6) is 0 Å². The lowest BCUT2D eigenvalue weighted by Gasteiger charge is -2.07. The van der Waals surface area contributed by atoms with E-state index in [1.165, 1.54) is 12.1 Å². The molecule has 0 saturated heterocycles. The van der Waals surface area contributed by atoms with E-state index in [-0.39, 0.29) is 5.82 Å². The zero-order valence-electron chi connectivity index (χ0n) is 11.4. The van der Waals surface area contributed by atoms with Crippen molar-refractivity contribution in [3.8, 4) is 0 Å². The molecule has 1 heterocycles. The SMILES string of the molecule is CCCNc1cnnc(NCCc2ccc(F)cc2)n1. The maximum Gasteiger partial charge on any atom is 0.244 e. The zero-order valence-corrected chi connectivity index (χ0v) is 11.4. The first-order valence-electron chi connectivity index (χ1n) is 6.70. The minimum absolute atomic E-state index is 0.219. The number of hydrogen-bond acceptors (Lipinski definition) is 5. The van der Waals surface area contributed by atoms with E-state index in [1.807, 2.05) is 0 Å². The molecule has 0 aliphatic carbocycles. The molecule has 0 radical (unpaired) electrons. The molecule has 0 saturated carbocycles. The summed E-state index contributed by atoms with van der Waals surface area (Å²) < 4.78 is 12.8. The Morgan fingerprint density at radius 2 is 1.90 bits per heavy atom. The quantitative estimate of drug-likeness (QED) is 0.813. The van der Waals surface area contributed by atoms with Gasteiger partial charge in [-0.05, 0) is 30.5 Å². The third kappa shape index (κ3) is 4.46. The van der Waals surface area contributed by atoms with Crippen molar-refractivity contribution >= 4 is 11.8 Å². The van der Waals surface area contributed by atoms with Crippen LogP contribution < -0.4 is 10.6 Å². The van der Waals surface area contributed by atoms with E-state index in [9.17, 15) is 4.39 Å². The van der Waals surface area contributed by atoms with E-state index in [2.05, 4.69) is 32.7 Å². The van der Waals surface area contributed by atoms with E-state index in [0.29, 0.717) is 18.3 Å². The fraction of sp³-hybridized carbons (Fsp3) is 0.357. The van der Waals surface area contributed by atoms with Crippen molar-refractivity contribution < 1.29 is 4.39 Å². The highest BCUT2D eigenvalue weighted by molar-refractivity contribution is 5.36. The van der Waals surface area contributed by atoms with Crippen molar-refractivity contribution in [3.05, 3.63) is 41.8 Å². The Morgan fingerprint density at radius 3 is 2.65 bits per heavy atom. The van der Waals surface area contributed by atoms with Crippen molar-refractivity contribution in [2.24, 2.45) is 0 Å². The van der Waals surface area contributed by atoms with Crippen LogP contribution in [0.1, 0.15) is 18.9 Å². The van der Waals surface area contributed by atoms with Crippen molar-refractivity contribution in [1.29, 1.82) is 0 Å². The summed E-state index contributed by atoms with van der Waals surface area (Å²) in [5, 5.41) is 14.1. The van der Waals surface area contributed by atoms with Crippen molar-refractivity contribution in [2.75, 3.05) is 23.7 Å². The van der Waals surface area contributed by atoms with Gasteiger partial charge >= 0.3 is 0 Å². The van der Waals surface area contributed by atoms with E-state index >= 15 is 0 Å². The Balaban J connectivity index is 1.82. The average Bonchev–Trinajstić information content (AvgIpc) is 2.48. The van der Waals surface area contributed by atoms with Gasteiger partial charge in [0.25, 0.3) is 0 Å². The lowest BCUT2D eigenvalue weighted by Crippen LogP contribution is -2.11. The summed E-state index contributed by atoms with van der Waals surface area (Å²) in [7, 11) is 0. The molecule has 6 heteroatoms. The van der Waals surface area contributed by atoms with E-state index in [0.717, 1.165) is 24.9 Å². The topological polar surface area (TPSA) is 62.7 Å². The number of aromatic nitrogens is 3. The van der Waals surface area contributed by atoms with Crippen LogP contribution in [0, 0.1) is 5.82 Å². The molecular weight excluding hydrogens is 257 g/mol. The van der Waals surface area contributed by atoms with Gasteiger partial charge in [-0.2, -0.15) is 10.1 Å². The van der Waals surface area contributed by atoms with Crippen LogP contribution in [0.15, 0.2) is 30.5 Å². The highest BCUT2D eigenvalue weighted by Crippen LogP contribution is 2.06. The monoisotopic (exact) mass is 275 g/mol. The summed E-state index contributed by atoms with van der Waals surface area (Å²) in [6.45, 7) is 3.61. The molecule has 2 rings (SSSR count). The molecule has 20 heavy (non-hydrogen) atoms. The van der Waals surface area contributed by atoms with Gasteiger partial charge in [0.05, 0.1) is 6.20 Å². The number of hydrogen-bond donors (Lipinski definition) is 2. The average molecular weight is 275 g/mol. The number of anilines is 2. The van der Waals surface area contributed by atoms with Gasteiger partial charge in [-0.1, -0.05) is 19.1 Å². The van der Waals surface area contributed by atoms with Crippen molar-refractivity contribution in [1.82, 2.24) is 15.2 Å². The van der Waals surface area contributed by atoms with E-state index in [4.69, 9.17) is 0 Å². The van der Waals surface area contributed by atoms with Crippen molar-refractivity contribution in [2.45, 2.75) is 19.8 Å². The van der Waals surface area contributed by atoms with Crippen LogP contribution in [-0.4, -0.2) is 28.3 Å². The minimum atomic E-state index is -0.219. The number of halogens is 1. The number of nitrogens with one attached hydrogen (secondary N) is 2. The second-order valence-electron chi connectivity index (χ2n) is 4.40. The summed E-state index contributed by atoms with van der Waals surface area (Å²) in [5.74, 6) is 0.989. The van der Waals surface area contributed by atoms with Gasteiger partial charge in [-0.3, -0.25) is 0 Å². The molecule has 106 valence electrons. The molecule has 0 atom stereocenters. The molecule has 1 aromatic heterocycles. The lowest BCUT2D eigenvalue weighted by atomic mass is 10.1. The summed E-state index contributed by atoms with van der Waals surface area (Å²) in [6.07, 6.45) is 3.40. The maximum atomic E-state index is 12.8. The van der Waals surface area contributed by atoms with Crippen LogP contribution >= 0.6 is 0 Å². The highest BCUT2D eigenvalue weighted by atomic mass is 19.1. The van der Waals surface area contributed by atoms with Crippen LogP contribution in [-0.2, 0) is 6.42 Å². The van der Waals surface area contributed by atoms with Crippen LogP contribution in [0.25, 0.3) is 0 Å². The third-order valence-corrected chi connectivity index (χ3v) is 2.72. The third-order valence-electron chi connectivity index (χ3n) is 2.72. The van der Waals surface area contributed by atoms with Crippen LogP contribution in [0.2, 0.25) is 0 Å². The van der Waals surface area contributed by atoms with E-state index in [1.54, 1.807) is 18.3 Å². The standard InChI is InChI=1S/C14H18FN5/c1-2-8-16-13-10-18-20-14(19-13)17-9-7-11-3-5-12(15)6-4-11/h3-6,10H,2,7-9H2,1H3,(H2,16,17,19,20). The Bertz CT molecular complexity index is 529. The zero-order chi connectivity index (χ0) is 14.2. The number of benzene rings is 1. The van der Waals surface area contributed by atoms with E-state index < -0.39 is 0 Å². The van der Waals surface area contributed by atoms with Gasteiger partial charge in [0.2, 0.25) is 5.95 Å². The van der Waals surface area contributed by atoms with Gasteiger partial charge in [0.1, 0.15) is 11.6 Å². The second kappa shape index (κ2) is 7.37. The molecule has 2 aromatic rings. The fourth-order valence-corrected chi connectivity index (χ4v) is 1.69. The first-order chi connectivity index (χ1) is 9.78. The highest BCUT2D eigenvalue weighted by Gasteiger charge is 2.00. The molecule has 0 aliphatic heterocycles. The molecule has 1 aromatic carbocycles. The molecule has 0 bridgehead atoms. The molecule has 5 nitrogen and oxygen atoms in total. The summed E-state index contributed by atoms with van der Waals surface area (Å²) in [6, 6.07) is 6.47. The number of rotatable bonds is 7. The van der Waals surface area contributed by atoms with Crippen LogP contribution in [0.4, 0.5) is 16.2 Å². The first-order valence-corrected chi connectivity index (χ1v) is 6.70. The normalized spacial score (nSPS) is 10.3. The Kier molecular flexibility index (Phi) is 5.23. The Hall–Kier alpha value is -2.24. The summed E-state index contributed by atoms with van der Waals surface area (Å²) in [5.41, 5.74) is 1.06. The molecule has 2 N–H and O–H groups in total. The predicted octanol–water partition coefficient (Wildman–Crippen LogP) is 2.49. The molecule has 0 amide bonds. The molecular formula is C14H18FN5. The first kappa shape index (κ1) is 14.2. The molecule has 0 fully saturated rings. The maximum absolute atomic E-state index is 12.8. The second-order valence-corrected chi connectivity index (χ2v) is 4.40. The van der Waals surface area contributed by atoms with Gasteiger partial charge < -0.3 is 10.6 Å². The summed E-state index contributed by atoms with van der Waals surface area (Å²) in [4.78, 5) is 4.30. The fourth-order valence-electron chi connectivity index (χ4n) is 1.69. The molecule has 0 spiro atoms. The summed E-state index contributed by atoms with van der Waals surface area (Å²) >= 11 is 0. The predicted molar refractivity (Wildman–Crippen MR) is 77.2 cm³/mol. The lowest BCUT2D eigenvalue weighted by molar-refractivity contribution is 0.627. The number of nitrogens with zero attached hydrogens (tertiary/aromatic N) is 3. The van der Waals surface area contributed by atoms with Gasteiger partial charge in [-0.25, -0.2) is 4.39 Å². The van der Waals surface area contributed by atoms with Crippen molar-refractivity contribution in [3.63, 3.8) is 0 Å². The smallest absolute Gasteiger partial charge is 0.244 e. The minimum Gasteiger partial charge on any atom is -0.369 e. The molecule has 0 aliphatic rings. The molecule has 0 unspecified atom stereocenters. The Labute approximate surface area is 117 Å². The van der Waals surface area contributed by atoms with Gasteiger partial charge in [0.15, 0.2) is 0 Å². The Morgan fingerprint density at radius 1 is 1.10 bits per heavy atom. The van der Waals surface area contributed by atoms with Gasteiger partial charge in [0, 0.05) is 13.1 Å². The van der Waals surface area contributed by atoms with Gasteiger partial charge in [-0.15, -0.1) is 5.10 Å². The van der Waals surface area contributed by atoms with Crippen LogP contribution in [0.3, 0.4) is 0 Å². The largest absolute Gasteiger partial charge is 0.369 e.